The van der Waals surface area contributed by atoms with Gasteiger partial charge in [0.05, 0.1) is 12.7 Å². The van der Waals surface area contributed by atoms with Crippen molar-refractivity contribution in [3.63, 3.8) is 0 Å². The van der Waals surface area contributed by atoms with Gasteiger partial charge in [0.15, 0.2) is 0 Å². The smallest absolute Gasteiger partial charge is 0.337 e. The molecule has 2 aromatic rings. The number of aromatic hydroxyl groups is 1. The third-order valence-corrected chi connectivity index (χ3v) is 3.12. The number of ether oxygens (including phenoxy) is 1. The first-order valence-corrected chi connectivity index (χ1v) is 6.66. The Kier molecular flexibility index (Phi) is 4.63. The summed E-state index contributed by atoms with van der Waals surface area (Å²) in [6.45, 7) is 2.02. The second kappa shape index (κ2) is 6.62. The van der Waals surface area contributed by atoms with Gasteiger partial charge in [0, 0.05) is 11.1 Å². The van der Waals surface area contributed by atoms with Gasteiger partial charge in [0.25, 0.3) is 0 Å². The Bertz CT molecular complexity index is 703. The van der Waals surface area contributed by atoms with E-state index in [9.17, 15) is 9.90 Å². The van der Waals surface area contributed by atoms with E-state index in [2.05, 4.69) is 16.6 Å². The molecule has 0 amide bonds. The van der Waals surface area contributed by atoms with Crippen LogP contribution in [0.4, 0.5) is 0 Å². The number of hydrogen-bond donors (Lipinski definition) is 1. The summed E-state index contributed by atoms with van der Waals surface area (Å²) in [4.78, 5) is 11.3. The van der Waals surface area contributed by atoms with E-state index >= 15 is 0 Å². The Labute approximate surface area is 124 Å². The molecule has 21 heavy (non-hydrogen) atoms. The number of esters is 1. The number of hydrogen-bond acceptors (Lipinski definition) is 3. The molecule has 3 heteroatoms. The summed E-state index contributed by atoms with van der Waals surface area (Å²) in [5, 5.41) is 9.47. The van der Waals surface area contributed by atoms with Crippen LogP contribution in [0.5, 0.6) is 5.75 Å². The van der Waals surface area contributed by atoms with Crippen molar-refractivity contribution in [3.8, 4) is 17.6 Å². The number of carbonyl (C=O) groups excluding carboxylic acids is 1. The Morgan fingerprint density at radius 2 is 1.86 bits per heavy atom. The molecule has 3 nitrogen and oxygen atoms in total. The molecule has 0 heterocycles. The largest absolute Gasteiger partial charge is 0.508 e. The van der Waals surface area contributed by atoms with Crippen molar-refractivity contribution in [3.05, 3.63) is 64.7 Å². The highest BCUT2D eigenvalue weighted by Crippen LogP contribution is 2.16. The SMILES string of the molecule is CCc1cc(O)ccc1C#Cc1ccc(C(=O)OC)cc1. The topological polar surface area (TPSA) is 46.5 Å². The molecule has 0 saturated carbocycles. The minimum absolute atomic E-state index is 0.250. The van der Waals surface area contributed by atoms with Gasteiger partial charge >= 0.3 is 5.97 Å². The maximum absolute atomic E-state index is 11.3. The van der Waals surface area contributed by atoms with E-state index in [1.807, 2.05) is 13.0 Å². The van der Waals surface area contributed by atoms with Crippen molar-refractivity contribution in [1.29, 1.82) is 0 Å². The molecule has 0 radical (unpaired) electrons. The highest BCUT2D eigenvalue weighted by molar-refractivity contribution is 5.89. The van der Waals surface area contributed by atoms with Crippen molar-refractivity contribution < 1.29 is 14.6 Å². The summed E-state index contributed by atoms with van der Waals surface area (Å²) in [5.74, 6) is 6.04. The Hall–Kier alpha value is -2.73. The molecule has 0 fully saturated rings. The van der Waals surface area contributed by atoms with Crippen molar-refractivity contribution in [1.82, 2.24) is 0 Å². The second-order valence-electron chi connectivity index (χ2n) is 4.51. The van der Waals surface area contributed by atoms with Gasteiger partial charge in [-0.05, 0) is 54.4 Å². The predicted octanol–water partition coefficient (Wildman–Crippen LogP) is 3.14. The summed E-state index contributed by atoms with van der Waals surface area (Å²) in [7, 11) is 1.35. The monoisotopic (exact) mass is 280 g/mol. The number of carbonyl (C=O) groups is 1. The van der Waals surface area contributed by atoms with E-state index in [-0.39, 0.29) is 11.7 Å². The zero-order chi connectivity index (χ0) is 15.2. The lowest BCUT2D eigenvalue weighted by Crippen LogP contribution is -2.00. The van der Waals surface area contributed by atoms with E-state index in [4.69, 9.17) is 0 Å². The van der Waals surface area contributed by atoms with E-state index in [0.29, 0.717) is 5.56 Å². The van der Waals surface area contributed by atoms with Crippen LogP contribution in [0.1, 0.15) is 34.0 Å². The van der Waals surface area contributed by atoms with Gasteiger partial charge in [-0.1, -0.05) is 18.8 Å². The molecule has 0 unspecified atom stereocenters. The molecule has 0 atom stereocenters. The molecule has 2 aromatic carbocycles. The first-order chi connectivity index (χ1) is 10.1. The van der Waals surface area contributed by atoms with Crippen LogP contribution in [-0.2, 0) is 11.2 Å². The Morgan fingerprint density at radius 3 is 2.48 bits per heavy atom. The standard InChI is InChI=1S/C18H16O3/c1-3-14-12-17(19)11-10-15(14)7-4-13-5-8-16(9-6-13)18(20)21-2/h5-6,8-12,19H,3H2,1-2H3. The molecular formula is C18H16O3. The predicted molar refractivity (Wildman–Crippen MR) is 81.2 cm³/mol. The lowest BCUT2D eigenvalue weighted by Gasteiger charge is -2.01. The van der Waals surface area contributed by atoms with E-state index in [1.165, 1.54) is 7.11 Å². The lowest BCUT2D eigenvalue weighted by molar-refractivity contribution is 0.0600. The van der Waals surface area contributed by atoms with Crippen LogP contribution in [0.25, 0.3) is 0 Å². The lowest BCUT2D eigenvalue weighted by atomic mass is 10.0. The average molecular weight is 280 g/mol. The zero-order valence-electron chi connectivity index (χ0n) is 12.0. The normalized spacial score (nSPS) is 9.62. The quantitative estimate of drug-likeness (QED) is 0.679. The van der Waals surface area contributed by atoms with Crippen LogP contribution < -0.4 is 0 Å². The summed E-state index contributed by atoms with van der Waals surface area (Å²) in [5.41, 5.74) is 3.22. The molecule has 0 spiro atoms. The Balaban J connectivity index is 2.25. The van der Waals surface area contributed by atoms with Gasteiger partial charge < -0.3 is 9.84 Å². The summed E-state index contributed by atoms with van der Waals surface area (Å²) in [6, 6.07) is 12.1. The molecule has 2 rings (SSSR count). The average Bonchev–Trinajstić information content (AvgIpc) is 2.53. The fourth-order valence-corrected chi connectivity index (χ4v) is 1.94. The van der Waals surface area contributed by atoms with Crippen molar-refractivity contribution in [2.24, 2.45) is 0 Å². The van der Waals surface area contributed by atoms with Gasteiger partial charge in [-0.15, -0.1) is 0 Å². The first-order valence-electron chi connectivity index (χ1n) is 6.66. The minimum atomic E-state index is -0.360. The molecule has 0 aliphatic heterocycles. The maximum Gasteiger partial charge on any atom is 0.337 e. The van der Waals surface area contributed by atoms with Crippen LogP contribution >= 0.6 is 0 Å². The highest BCUT2D eigenvalue weighted by Gasteiger charge is 2.03. The highest BCUT2D eigenvalue weighted by atomic mass is 16.5. The van der Waals surface area contributed by atoms with E-state index in [0.717, 1.165) is 23.1 Å². The number of methoxy groups -OCH3 is 1. The van der Waals surface area contributed by atoms with Gasteiger partial charge in [-0.25, -0.2) is 4.79 Å². The van der Waals surface area contributed by atoms with Gasteiger partial charge in [-0.3, -0.25) is 0 Å². The van der Waals surface area contributed by atoms with Gasteiger partial charge in [0.1, 0.15) is 5.75 Å². The van der Waals surface area contributed by atoms with E-state index < -0.39 is 0 Å². The molecule has 0 aromatic heterocycles. The number of phenols is 1. The Morgan fingerprint density at radius 1 is 1.14 bits per heavy atom. The molecule has 0 aliphatic carbocycles. The zero-order valence-corrected chi connectivity index (χ0v) is 12.0. The van der Waals surface area contributed by atoms with Gasteiger partial charge in [0.2, 0.25) is 0 Å². The first kappa shape index (κ1) is 14.7. The minimum Gasteiger partial charge on any atom is -0.508 e. The van der Waals surface area contributed by atoms with Crippen molar-refractivity contribution in [2.45, 2.75) is 13.3 Å². The molecular weight excluding hydrogens is 264 g/mol. The summed E-state index contributed by atoms with van der Waals surface area (Å²) >= 11 is 0. The fraction of sp³-hybridized carbons (Fsp3) is 0.167. The fourth-order valence-electron chi connectivity index (χ4n) is 1.94. The van der Waals surface area contributed by atoms with Gasteiger partial charge in [-0.2, -0.15) is 0 Å². The van der Waals surface area contributed by atoms with Crippen LogP contribution in [0, 0.1) is 11.8 Å². The van der Waals surface area contributed by atoms with Crippen molar-refractivity contribution >= 4 is 5.97 Å². The molecule has 0 bridgehead atoms. The van der Waals surface area contributed by atoms with Crippen molar-refractivity contribution in [2.75, 3.05) is 7.11 Å². The third kappa shape index (κ3) is 3.64. The summed E-state index contributed by atoms with van der Waals surface area (Å²) in [6.07, 6.45) is 0.805. The second-order valence-corrected chi connectivity index (χ2v) is 4.51. The molecule has 1 N–H and O–H groups in total. The maximum atomic E-state index is 11.3. The van der Waals surface area contributed by atoms with E-state index in [1.54, 1.807) is 36.4 Å². The van der Waals surface area contributed by atoms with Crippen LogP contribution in [0.3, 0.4) is 0 Å². The number of phenolic OH excluding ortho intramolecular Hbond substituents is 1. The van der Waals surface area contributed by atoms with Crippen LogP contribution in [0.15, 0.2) is 42.5 Å². The third-order valence-electron chi connectivity index (χ3n) is 3.12. The number of rotatable bonds is 2. The molecule has 106 valence electrons. The number of aryl methyl sites for hydroxylation is 1. The number of benzene rings is 2. The van der Waals surface area contributed by atoms with Crippen LogP contribution in [0.2, 0.25) is 0 Å². The summed E-state index contributed by atoms with van der Waals surface area (Å²) < 4.78 is 4.65. The van der Waals surface area contributed by atoms with Crippen LogP contribution in [-0.4, -0.2) is 18.2 Å². The molecule has 0 aliphatic rings. The molecule has 0 saturated heterocycles.